The van der Waals surface area contributed by atoms with Crippen molar-refractivity contribution >= 4 is 28.7 Å². The molecule has 1 aromatic carbocycles. The van der Waals surface area contributed by atoms with Gasteiger partial charge in [0.05, 0.1) is 13.2 Å². The van der Waals surface area contributed by atoms with Crippen LogP contribution in [0, 0.1) is 20.8 Å². The lowest BCUT2D eigenvalue weighted by Crippen LogP contribution is -2.50. The second-order valence-corrected chi connectivity index (χ2v) is 8.03. The van der Waals surface area contributed by atoms with Gasteiger partial charge in [0, 0.05) is 43.1 Å². The van der Waals surface area contributed by atoms with Crippen molar-refractivity contribution in [2.24, 2.45) is 0 Å². The zero-order valence-electron chi connectivity index (χ0n) is 17.8. The second kappa shape index (κ2) is 8.97. The molecule has 7 heteroatoms. The van der Waals surface area contributed by atoms with Gasteiger partial charge < -0.3 is 25.0 Å². The Morgan fingerprint density at radius 2 is 1.72 bits per heavy atom. The highest BCUT2D eigenvalue weighted by Crippen LogP contribution is 2.28. The quantitative estimate of drug-likeness (QED) is 0.742. The van der Waals surface area contributed by atoms with Gasteiger partial charge in [-0.3, -0.25) is 0 Å². The second-order valence-electron chi connectivity index (χ2n) is 7.65. The minimum absolute atomic E-state index is 0.475. The SMILES string of the molecule is COc1nc(C)c(C(C)O)cc1NC(=S)N1CCN(c2cc(C)cc(C)c2)CC1. The average Bonchev–Trinajstić information content (AvgIpc) is 2.68. The number of ether oxygens (including phenoxy) is 1. The van der Waals surface area contributed by atoms with Gasteiger partial charge in [0.2, 0.25) is 5.88 Å². The Kier molecular flexibility index (Phi) is 6.59. The summed E-state index contributed by atoms with van der Waals surface area (Å²) in [6.45, 7) is 11.4. The van der Waals surface area contributed by atoms with Gasteiger partial charge in [0.25, 0.3) is 0 Å². The number of hydrogen-bond acceptors (Lipinski definition) is 5. The highest BCUT2D eigenvalue weighted by molar-refractivity contribution is 7.80. The maximum Gasteiger partial charge on any atom is 0.237 e. The van der Waals surface area contributed by atoms with Crippen molar-refractivity contribution in [3.63, 3.8) is 0 Å². The standard InChI is InChI=1S/C22H30N4O2S/c1-14-10-15(2)12-18(11-14)25-6-8-26(9-7-25)22(29)24-20-13-19(17(4)27)16(3)23-21(20)28-5/h10-13,17,27H,6-9H2,1-5H3,(H,24,29). The van der Waals surface area contributed by atoms with E-state index in [0.717, 1.165) is 37.4 Å². The van der Waals surface area contributed by atoms with Crippen molar-refractivity contribution in [3.8, 4) is 5.88 Å². The molecule has 1 aliphatic heterocycles. The molecule has 1 saturated heterocycles. The first-order chi connectivity index (χ1) is 13.8. The molecule has 1 aliphatic rings. The summed E-state index contributed by atoms with van der Waals surface area (Å²) in [4.78, 5) is 9.01. The molecule has 2 aromatic rings. The fraction of sp³-hybridized carbons (Fsp3) is 0.455. The number of benzene rings is 1. The van der Waals surface area contributed by atoms with Crippen molar-refractivity contribution in [2.75, 3.05) is 43.5 Å². The van der Waals surface area contributed by atoms with Crippen LogP contribution in [0.1, 0.15) is 35.4 Å². The molecule has 0 spiro atoms. The molecule has 1 atom stereocenters. The van der Waals surface area contributed by atoms with Crippen LogP contribution in [0.4, 0.5) is 11.4 Å². The molecule has 0 radical (unpaired) electrons. The smallest absolute Gasteiger partial charge is 0.237 e. The number of hydrogen-bond donors (Lipinski definition) is 2. The Balaban J connectivity index is 1.68. The molecule has 1 unspecified atom stereocenters. The average molecular weight is 415 g/mol. The number of thiocarbonyl (C=S) groups is 1. The zero-order valence-corrected chi connectivity index (χ0v) is 18.6. The third-order valence-corrected chi connectivity index (χ3v) is 5.60. The van der Waals surface area contributed by atoms with Crippen LogP contribution in [0.5, 0.6) is 5.88 Å². The summed E-state index contributed by atoms with van der Waals surface area (Å²) in [5.74, 6) is 0.475. The molecule has 3 rings (SSSR count). The molecular formula is C22H30N4O2S. The highest BCUT2D eigenvalue weighted by atomic mass is 32.1. The number of aliphatic hydroxyl groups excluding tert-OH is 1. The van der Waals surface area contributed by atoms with Crippen LogP contribution in [0.3, 0.4) is 0 Å². The zero-order chi connectivity index (χ0) is 21.1. The lowest BCUT2D eigenvalue weighted by atomic mass is 10.1. The molecule has 0 saturated carbocycles. The number of rotatable bonds is 4. The summed E-state index contributed by atoms with van der Waals surface area (Å²) in [7, 11) is 1.58. The van der Waals surface area contributed by atoms with E-state index in [9.17, 15) is 5.11 Å². The van der Waals surface area contributed by atoms with Crippen LogP contribution in [-0.4, -0.2) is 53.4 Å². The minimum Gasteiger partial charge on any atom is -0.480 e. The van der Waals surface area contributed by atoms with Crippen LogP contribution in [-0.2, 0) is 0 Å². The Hall–Kier alpha value is -2.38. The lowest BCUT2D eigenvalue weighted by molar-refractivity contribution is 0.198. The van der Waals surface area contributed by atoms with E-state index in [1.54, 1.807) is 14.0 Å². The van der Waals surface area contributed by atoms with Gasteiger partial charge in [-0.1, -0.05) is 6.07 Å². The topological polar surface area (TPSA) is 60.9 Å². The van der Waals surface area contributed by atoms with Crippen LogP contribution >= 0.6 is 12.2 Å². The number of pyridine rings is 1. The van der Waals surface area contributed by atoms with E-state index in [4.69, 9.17) is 17.0 Å². The van der Waals surface area contributed by atoms with Gasteiger partial charge in [-0.2, -0.15) is 0 Å². The largest absolute Gasteiger partial charge is 0.480 e. The first kappa shape index (κ1) is 21.3. The van der Waals surface area contributed by atoms with Gasteiger partial charge in [-0.15, -0.1) is 0 Å². The summed E-state index contributed by atoms with van der Waals surface area (Å²) in [6.07, 6.45) is -0.608. The molecule has 2 heterocycles. The Bertz CT molecular complexity index is 872. The van der Waals surface area contributed by atoms with Crippen LogP contribution in [0.2, 0.25) is 0 Å². The third-order valence-electron chi connectivity index (χ3n) is 5.24. The van der Waals surface area contributed by atoms with E-state index in [1.807, 2.05) is 13.0 Å². The maximum absolute atomic E-state index is 9.99. The summed E-state index contributed by atoms with van der Waals surface area (Å²) >= 11 is 5.65. The molecule has 0 aliphatic carbocycles. The molecule has 29 heavy (non-hydrogen) atoms. The van der Waals surface area contributed by atoms with E-state index in [2.05, 4.69) is 52.1 Å². The van der Waals surface area contributed by atoms with Gasteiger partial charge >= 0.3 is 0 Å². The highest BCUT2D eigenvalue weighted by Gasteiger charge is 2.21. The van der Waals surface area contributed by atoms with Gasteiger partial charge in [-0.05, 0) is 69.2 Å². The number of nitrogens with one attached hydrogen (secondary N) is 1. The summed E-state index contributed by atoms with van der Waals surface area (Å²) in [5.41, 5.74) is 6.02. The van der Waals surface area contributed by atoms with Gasteiger partial charge in [0.1, 0.15) is 5.69 Å². The summed E-state index contributed by atoms with van der Waals surface area (Å²) < 4.78 is 5.40. The predicted molar refractivity (Wildman–Crippen MR) is 122 cm³/mol. The van der Waals surface area contributed by atoms with Gasteiger partial charge in [-0.25, -0.2) is 4.98 Å². The number of anilines is 2. The Labute approximate surface area is 178 Å². The van der Waals surface area contributed by atoms with E-state index in [-0.39, 0.29) is 0 Å². The molecule has 1 aromatic heterocycles. The predicted octanol–water partition coefficient (Wildman–Crippen LogP) is 3.59. The minimum atomic E-state index is -0.608. The molecule has 1 fully saturated rings. The van der Waals surface area contributed by atoms with E-state index in [0.29, 0.717) is 16.7 Å². The number of aryl methyl sites for hydroxylation is 3. The molecular weight excluding hydrogens is 384 g/mol. The number of aromatic nitrogens is 1. The van der Waals surface area contributed by atoms with E-state index >= 15 is 0 Å². The van der Waals surface area contributed by atoms with Crippen LogP contribution < -0.4 is 15.0 Å². The monoisotopic (exact) mass is 414 g/mol. The molecule has 0 bridgehead atoms. The first-order valence-corrected chi connectivity index (χ1v) is 10.3. The van der Waals surface area contributed by atoms with Crippen molar-refractivity contribution in [3.05, 3.63) is 46.6 Å². The molecule has 0 amide bonds. The van der Waals surface area contributed by atoms with E-state index in [1.165, 1.54) is 16.8 Å². The fourth-order valence-electron chi connectivity index (χ4n) is 3.76. The van der Waals surface area contributed by atoms with Crippen LogP contribution in [0.25, 0.3) is 0 Å². The lowest BCUT2D eigenvalue weighted by Gasteiger charge is -2.37. The Morgan fingerprint density at radius 1 is 1.10 bits per heavy atom. The number of methoxy groups -OCH3 is 1. The Morgan fingerprint density at radius 3 is 2.28 bits per heavy atom. The normalized spacial score (nSPS) is 15.2. The third kappa shape index (κ3) is 4.97. The van der Waals surface area contributed by atoms with Gasteiger partial charge in [0.15, 0.2) is 5.11 Å². The molecule has 156 valence electrons. The fourth-order valence-corrected chi connectivity index (χ4v) is 4.05. The van der Waals surface area contributed by atoms with E-state index < -0.39 is 6.10 Å². The number of aliphatic hydroxyl groups is 1. The van der Waals surface area contributed by atoms with Crippen LogP contribution in [0.15, 0.2) is 24.3 Å². The van der Waals surface area contributed by atoms with Crippen molar-refractivity contribution in [1.82, 2.24) is 9.88 Å². The molecule has 2 N–H and O–H groups in total. The number of piperazine rings is 1. The van der Waals surface area contributed by atoms with Crippen molar-refractivity contribution in [2.45, 2.75) is 33.8 Å². The summed E-state index contributed by atoms with van der Waals surface area (Å²) in [6, 6.07) is 8.53. The van der Waals surface area contributed by atoms with Crippen molar-refractivity contribution < 1.29 is 9.84 Å². The number of nitrogens with zero attached hydrogens (tertiary/aromatic N) is 3. The molecule has 6 nitrogen and oxygen atoms in total. The first-order valence-electron chi connectivity index (χ1n) is 9.91. The van der Waals surface area contributed by atoms with Crippen molar-refractivity contribution in [1.29, 1.82) is 0 Å². The summed E-state index contributed by atoms with van der Waals surface area (Å²) in [5, 5.41) is 13.9. The maximum atomic E-state index is 9.99.